The van der Waals surface area contributed by atoms with Gasteiger partial charge in [-0.05, 0) is 42.7 Å². The van der Waals surface area contributed by atoms with Crippen molar-refractivity contribution in [2.24, 2.45) is 0 Å². The highest BCUT2D eigenvalue weighted by Gasteiger charge is 2.46. The smallest absolute Gasteiger partial charge is 0.295 e. The van der Waals surface area contributed by atoms with Gasteiger partial charge in [-0.15, -0.1) is 0 Å². The second-order valence-electron chi connectivity index (χ2n) is 8.47. The number of Topliss-reactive ketones (excluding diaryl/α,β-unsaturated/α-hetero) is 1. The summed E-state index contributed by atoms with van der Waals surface area (Å²) in [7, 11) is 3.06. The lowest BCUT2D eigenvalue weighted by molar-refractivity contribution is -0.140. The molecule has 36 heavy (non-hydrogen) atoms. The van der Waals surface area contributed by atoms with Crippen molar-refractivity contribution >= 4 is 17.4 Å². The van der Waals surface area contributed by atoms with Gasteiger partial charge in [0.1, 0.15) is 11.5 Å². The van der Waals surface area contributed by atoms with Gasteiger partial charge in [0.15, 0.2) is 11.5 Å². The molecule has 3 rings (SSSR count). The molecule has 8 nitrogen and oxygen atoms in total. The average molecular weight is 498 g/mol. The Labute approximate surface area is 212 Å². The van der Waals surface area contributed by atoms with Crippen LogP contribution in [0.15, 0.2) is 48.0 Å². The fourth-order valence-electron chi connectivity index (χ4n) is 4.06. The standard InChI is InChI=1S/C28H35NO7/c1-5-7-15-36-22-12-11-19(18-23(22)34-4)25-24(27(31)28(32)29(25)13-16-33-3)26(30)20-9-8-10-21(17-20)35-14-6-2/h8-12,17-18,25,30H,5-7,13-16H2,1-4H3/b26-24+. The number of amides is 1. The molecule has 2 aromatic carbocycles. The third kappa shape index (κ3) is 5.99. The molecule has 0 spiro atoms. The summed E-state index contributed by atoms with van der Waals surface area (Å²) in [4.78, 5) is 27.7. The third-order valence-electron chi connectivity index (χ3n) is 5.92. The van der Waals surface area contributed by atoms with Gasteiger partial charge >= 0.3 is 0 Å². The number of benzene rings is 2. The summed E-state index contributed by atoms with van der Waals surface area (Å²) in [5, 5.41) is 11.3. The molecule has 0 aliphatic carbocycles. The van der Waals surface area contributed by atoms with E-state index in [1.54, 1.807) is 42.5 Å². The predicted octanol–water partition coefficient (Wildman–Crippen LogP) is 4.73. The number of aliphatic hydroxyl groups excluding tert-OH is 1. The van der Waals surface area contributed by atoms with E-state index in [-0.39, 0.29) is 24.5 Å². The highest BCUT2D eigenvalue weighted by Crippen LogP contribution is 2.42. The highest BCUT2D eigenvalue weighted by atomic mass is 16.5. The van der Waals surface area contributed by atoms with Crippen LogP contribution in [0, 0.1) is 0 Å². The maximum absolute atomic E-state index is 13.2. The van der Waals surface area contributed by atoms with Crippen LogP contribution in [0.1, 0.15) is 50.3 Å². The maximum Gasteiger partial charge on any atom is 0.295 e. The lowest BCUT2D eigenvalue weighted by Gasteiger charge is -2.25. The van der Waals surface area contributed by atoms with Gasteiger partial charge in [-0.25, -0.2) is 0 Å². The van der Waals surface area contributed by atoms with E-state index >= 15 is 0 Å². The van der Waals surface area contributed by atoms with Crippen LogP contribution in [0.5, 0.6) is 17.2 Å². The zero-order valence-electron chi connectivity index (χ0n) is 21.4. The second-order valence-corrected chi connectivity index (χ2v) is 8.47. The number of ketones is 1. The van der Waals surface area contributed by atoms with E-state index in [1.165, 1.54) is 19.1 Å². The molecule has 1 amide bonds. The fraction of sp³-hybridized carbons (Fsp3) is 0.429. The Hall–Kier alpha value is -3.52. The summed E-state index contributed by atoms with van der Waals surface area (Å²) < 4.78 is 22.3. The van der Waals surface area contributed by atoms with Gasteiger partial charge in [0.05, 0.1) is 38.5 Å². The van der Waals surface area contributed by atoms with Crippen molar-refractivity contribution in [1.29, 1.82) is 0 Å². The van der Waals surface area contributed by atoms with Crippen molar-refractivity contribution < 1.29 is 33.6 Å². The number of carbonyl (C=O) groups excluding carboxylic acids is 2. The van der Waals surface area contributed by atoms with Gasteiger partial charge in [-0.1, -0.05) is 38.5 Å². The van der Waals surface area contributed by atoms with E-state index in [1.807, 2.05) is 6.92 Å². The molecule has 1 fully saturated rings. The van der Waals surface area contributed by atoms with Crippen molar-refractivity contribution in [2.45, 2.75) is 39.2 Å². The summed E-state index contributed by atoms with van der Waals surface area (Å²) in [6, 6.07) is 11.3. The van der Waals surface area contributed by atoms with E-state index in [4.69, 9.17) is 18.9 Å². The lowest BCUT2D eigenvalue weighted by atomic mass is 9.95. The first-order chi connectivity index (χ1) is 17.5. The molecule has 1 unspecified atom stereocenters. The average Bonchev–Trinajstić information content (AvgIpc) is 3.15. The Balaban J connectivity index is 2.09. The van der Waals surface area contributed by atoms with Gasteiger partial charge in [0.2, 0.25) is 0 Å². The minimum atomic E-state index is -0.820. The number of rotatable bonds is 13. The van der Waals surface area contributed by atoms with E-state index in [0.29, 0.717) is 41.6 Å². The van der Waals surface area contributed by atoms with Crippen molar-refractivity contribution in [1.82, 2.24) is 4.90 Å². The zero-order chi connectivity index (χ0) is 26.1. The van der Waals surface area contributed by atoms with Gasteiger partial charge < -0.3 is 29.0 Å². The summed E-state index contributed by atoms with van der Waals surface area (Å²) in [6.07, 6.45) is 2.74. The van der Waals surface area contributed by atoms with Crippen LogP contribution in [0.25, 0.3) is 5.76 Å². The van der Waals surface area contributed by atoms with Crippen molar-refractivity contribution in [3.63, 3.8) is 0 Å². The molecule has 1 N–H and O–H groups in total. The number of likely N-dealkylation sites (tertiary alicyclic amines) is 1. The number of hydrogen-bond donors (Lipinski definition) is 1. The molecule has 1 heterocycles. The first-order valence-corrected chi connectivity index (χ1v) is 12.3. The van der Waals surface area contributed by atoms with E-state index < -0.39 is 17.7 Å². The Kier molecular flexibility index (Phi) is 9.76. The van der Waals surface area contributed by atoms with Crippen LogP contribution in [0.3, 0.4) is 0 Å². The topological polar surface area (TPSA) is 94.5 Å². The largest absolute Gasteiger partial charge is 0.507 e. The molecule has 194 valence electrons. The SMILES string of the molecule is CCCCOc1ccc(C2/C(=C(\O)c3cccc(OCCC)c3)C(=O)C(=O)N2CCOC)cc1OC. The second kappa shape index (κ2) is 13.0. The number of aliphatic hydroxyl groups is 1. The van der Waals surface area contributed by atoms with Gasteiger partial charge in [0.25, 0.3) is 11.7 Å². The number of nitrogens with zero attached hydrogens (tertiary/aromatic N) is 1. The Morgan fingerprint density at radius 3 is 2.44 bits per heavy atom. The van der Waals surface area contributed by atoms with E-state index in [0.717, 1.165) is 19.3 Å². The molecule has 0 aromatic heterocycles. The number of hydrogen-bond acceptors (Lipinski definition) is 7. The van der Waals surface area contributed by atoms with Crippen LogP contribution >= 0.6 is 0 Å². The predicted molar refractivity (Wildman–Crippen MR) is 137 cm³/mol. The summed E-state index contributed by atoms with van der Waals surface area (Å²) in [5.41, 5.74) is 1.01. The third-order valence-corrected chi connectivity index (χ3v) is 5.92. The quantitative estimate of drug-likeness (QED) is 0.185. The Bertz CT molecular complexity index is 1100. The van der Waals surface area contributed by atoms with Crippen LogP contribution < -0.4 is 14.2 Å². The van der Waals surface area contributed by atoms with Crippen molar-refractivity contribution in [3.8, 4) is 17.2 Å². The molecule has 1 aliphatic rings. The van der Waals surface area contributed by atoms with Crippen LogP contribution in [-0.4, -0.2) is 62.3 Å². The van der Waals surface area contributed by atoms with Gasteiger partial charge in [0, 0.05) is 19.2 Å². The first kappa shape index (κ1) is 27.1. The van der Waals surface area contributed by atoms with Crippen molar-refractivity contribution in [3.05, 3.63) is 59.2 Å². The molecule has 1 atom stereocenters. The van der Waals surface area contributed by atoms with E-state index in [9.17, 15) is 14.7 Å². The van der Waals surface area contributed by atoms with E-state index in [2.05, 4.69) is 6.92 Å². The molecule has 2 aromatic rings. The molecule has 1 aliphatic heterocycles. The molecule has 1 saturated heterocycles. The first-order valence-electron chi connectivity index (χ1n) is 12.3. The van der Waals surface area contributed by atoms with Gasteiger partial charge in [-0.3, -0.25) is 9.59 Å². The number of unbranched alkanes of at least 4 members (excludes halogenated alkanes) is 1. The molecular formula is C28H35NO7. The van der Waals surface area contributed by atoms with Crippen LogP contribution in [-0.2, 0) is 14.3 Å². The van der Waals surface area contributed by atoms with Gasteiger partial charge in [-0.2, -0.15) is 0 Å². The molecular weight excluding hydrogens is 462 g/mol. The number of methoxy groups -OCH3 is 2. The monoisotopic (exact) mass is 497 g/mol. The molecule has 8 heteroatoms. The zero-order valence-corrected chi connectivity index (χ0v) is 21.4. The fourth-order valence-corrected chi connectivity index (χ4v) is 4.06. The summed E-state index contributed by atoms with van der Waals surface area (Å²) >= 11 is 0. The van der Waals surface area contributed by atoms with Crippen LogP contribution in [0.2, 0.25) is 0 Å². The Morgan fingerprint density at radius 2 is 1.75 bits per heavy atom. The minimum Gasteiger partial charge on any atom is -0.507 e. The lowest BCUT2D eigenvalue weighted by Crippen LogP contribution is -2.32. The summed E-state index contributed by atoms with van der Waals surface area (Å²) in [6.45, 7) is 5.57. The highest BCUT2D eigenvalue weighted by molar-refractivity contribution is 6.46. The Morgan fingerprint density at radius 1 is 0.944 bits per heavy atom. The molecule has 0 saturated carbocycles. The molecule has 0 radical (unpaired) electrons. The number of carbonyl (C=O) groups is 2. The maximum atomic E-state index is 13.2. The normalized spacial score (nSPS) is 16.9. The molecule has 0 bridgehead atoms. The minimum absolute atomic E-state index is 0.00505. The van der Waals surface area contributed by atoms with Crippen molar-refractivity contribution in [2.75, 3.05) is 40.6 Å². The number of ether oxygens (including phenoxy) is 4. The van der Waals surface area contributed by atoms with Crippen LogP contribution in [0.4, 0.5) is 0 Å². The summed E-state index contributed by atoms with van der Waals surface area (Å²) in [5.74, 6) is -0.0843.